The van der Waals surface area contributed by atoms with E-state index in [1.807, 2.05) is 13.0 Å². The number of aromatic nitrogens is 1. The molecule has 0 amide bonds. The third kappa shape index (κ3) is 2.73. The maximum Gasteiger partial charge on any atom is 0.211 e. The molecule has 0 atom stereocenters. The Bertz CT molecular complexity index is 608. The van der Waals surface area contributed by atoms with Crippen LogP contribution in [0.2, 0.25) is 0 Å². The Morgan fingerprint density at radius 2 is 1.79 bits per heavy atom. The van der Waals surface area contributed by atoms with Crippen LogP contribution in [0, 0.1) is 6.92 Å². The van der Waals surface area contributed by atoms with Gasteiger partial charge in [-0.3, -0.25) is 9.78 Å². The molecule has 0 radical (unpaired) electrons. The van der Waals surface area contributed by atoms with Gasteiger partial charge in [0.1, 0.15) is 5.69 Å². The van der Waals surface area contributed by atoms with E-state index in [2.05, 4.69) is 4.98 Å². The number of nitrogens with zero attached hydrogens (tertiary/aromatic N) is 1. The van der Waals surface area contributed by atoms with Crippen LogP contribution in [-0.2, 0) is 0 Å². The topological polar surface area (TPSA) is 48.4 Å². The predicted molar refractivity (Wildman–Crippen MR) is 72.0 cm³/mol. The largest absolute Gasteiger partial charge is 0.493 e. The summed E-state index contributed by atoms with van der Waals surface area (Å²) in [5, 5.41) is 0. The molecule has 0 aliphatic heterocycles. The minimum Gasteiger partial charge on any atom is -0.493 e. The van der Waals surface area contributed by atoms with Crippen LogP contribution in [0.4, 0.5) is 0 Å². The van der Waals surface area contributed by atoms with E-state index >= 15 is 0 Å². The second-order valence-corrected chi connectivity index (χ2v) is 4.12. The monoisotopic (exact) mass is 257 g/mol. The van der Waals surface area contributed by atoms with Crippen LogP contribution in [0.25, 0.3) is 0 Å². The van der Waals surface area contributed by atoms with E-state index in [9.17, 15) is 4.79 Å². The molecule has 0 saturated carbocycles. The molecule has 0 saturated heterocycles. The van der Waals surface area contributed by atoms with Crippen LogP contribution < -0.4 is 9.47 Å². The van der Waals surface area contributed by atoms with Crippen molar-refractivity contribution < 1.29 is 14.3 Å². The molecule has 1 heterocycles. The standard InChI is InChI=1S/C15H15NO3/c1-10-6-7-16-12(8-10)15(17)11-4-5-13(18-2)14(9-11)19-3/h4-9H,1-3H3. The van der Waals surface area contributed by atoms with Crippen LogP contribution in [0.3, 0.4) is 0 Å². The van der Waals surface area contributed by atoms with E-state index in [4.69, 9.17) is 9.47 Å². The molecule has 0 aliphatic rings. The number of benzene rings is 1. The number of pyridine rings is 1. The first kappa shape index (κ1) is 13.1. The Morgan fingerprint density at radius 3 is 2.42 bits per heavy atom. The summed E-state index contributed by atoms with van der Waals surface area (Å²) >= 11 is 0. The smallest absolute Gasteiger partial charge is 0.211 e. The first-order valence-electron chi connectivity index (χ1n) is 5.85. The number of methoxy groups -OCH3 is 2. The van der Waals surface area contributed by atoms with Crippen molar-refractivity contribution >= 4 is 5.78 Å². The highest BCUT2D eigenvalue weighted by Gasteiger charge is 2.13. The molecule has 4 heteroatoms. The second-order valence-electron chi connectivity index (χ2n) is 4.12. The Labute approximate surface area is 112 Å². The number of ketones is 1. The van der Waals surface area contributed by atoms with Gasteiger partial charge >= 0.3 is 0 Å². The van der Waals surface area contributed by atoms with Gasteiger partial charge in [-0.05, 0) is 42.8 Å². The molecule has 1 aromatic carbocycles. The Morgan fingerprint density at radius 1 is 1.05 bits per heavy atom. The Kier molecular flexibility index (Phi) is 3.80. The first-order chi connectivity index (χ1) is 9.15. The molecule has 1 aromatic heterocycles. The van der Waals surface area contributed by atoms with Crippen LogP contribution in [0.15, 0.2) is 36.5 Å². The van der Waals surface area contributed by atoms with Crippen molar-refractivity contribution in [2.45, 2.75) is 6.92 Å². The number of ether oxygens (including phenoxy) is 2. The zero-order valence-electron chi connectivity index (χ0n) is 11.1. The van der Waals surface area contributed by atoms with E-state index in [1.165, 1.54) is 7.11 Å². The second kappa shape index (κ2) is 5.52. The third-order valence-corrected chi connectivity index (χ3v) is 2.79. The van der Waals surface area contributed by atoms with E-state index in [1.54, 1.807) is 37.6 Å². The van der Waals surface area contributed by atoms with Crippen molar-refractivity contribution in [2.24, 2.45) is 0 Å². The number of rotatable bonds is 4. The van der Waals surface area contributed by atoms with E-state index in [-0.39, 0.29) is 5.78 Å². The number of aryl methyl sites for hydroxylation is 1. The van der Waals surface area contributed by atoms with Crippen molar-refractivity contribution in [1.29, 1.82) is 0 Å². The lowest BCUT2D eigenvalue weighted by atomic mass is 10.1. The van der Waals surface area contributed by atoms with Gasteiger partial charge in [0.25, 0.3) is 0 Å². The maximum absolute atomic E-state index is 12.3. The first-order valence-corrected chi connectivity index (χ1v) is 5.85. The average Bonchev–Trinajstić information content (AvgIpc) is 2.45. The summed E-state index contributed by atoms with van der Waals surface area (Å²) in [6.45, 7) is 1.92. The van der Waals surface area contributed by atoms with Crippen molar-refractivity contribution in [2.75, 3.05) is 14.2 Å². The summed E-state index contributed by atoms with van der Waals surface area (Å²) in [5.74, 6) is 0.988. The molecular weight excluding hydrogens is 242 g/mol. The Hall–Kier alpha value is -2.36. The molecule has 0 aliphatic carbocycles. The minimum absolute atomic E-state index is 0.135. The molecule has 0 fully saturated rings. The summed E-state index contributed by atoms with van der Waals surface area (Å²) < 4.78 is 10.3. The fraction of sp³-hybridized carbons (Fsp3) is 0.200. The number of hydrogen-bond acceptors (Lipinski definition) is 4. The molecule has 0 N–H and O–H groups in total. The normalized spacial score (nSPS) is 10.1. The van der Waals surface area contributed by atoms with Crippen LogP contribution in [0.1, 0.15) is 21.6 Å². The summed E-state index contributed by atoms with van der Waals surface area (Å²) in [6, 6.07) is 8.69. The average molecular weight is 257 g/mol. The van der Waals surface area contributed by atoms with Gasteiger partial charge in [-0.25, -0.2) is 0 Å². The van der Waals surface area contributed by atoms with Gasteiger partial charge in [0.2, 0.25) is 5.78 Å². The van der Waals surface area contributed by atoms with E-state index in [0.29, 0.717) is 22.8 Å². The fourth-order valence-electron chi connectivity index (χ4n) is 1.79. The number of carbonyl (C=O) groups excluding carboxylic acids is 1. The quantitative estimate of drug-likeness (QED) is 0.790. The molecule has 19 heavy (non-hydrogen) atoms. The lowest BCUT2D eigenvalue weighted by Crippen LogP contribution is -2.05. The molecule has 0 bridgehead atoms. The van der Waals surface area contributed by atoms with Crippen molar-refractivity contribution in [3.05, 3.63) is 53.3 Å². The zero-order chi connectivity index (χ0) is 13.8. The summed E-state index contributed by atoms with van der Waals surface area (Å²) in [5.41, 5.74) is 1.95. The van der Waals surface area contributed by atoms with Crippen LogP contribution in [0.5, 0.6) is 11.5 Å². The molecule has 98 valence electrons. The van der Waals surface area contributed by atoms with Gasteiger partial charge in [0.15, 0.2) is 11.5 Å². The van der Waals surface area contributed by atoms with E-state index in [0.717, 1.165) is 5.56 Å². The highest BCUT2D eigenvalue weighted by Crippen LogP contribution is 2.28. The molecule has 2 rings (SSSR count). The van der Waals surface area contributed by atoms with Gasteiger partial charge in [-0.15, -0.1) is 0 Å². The highest BCUT2D eigenvalue weighted by molar-refractivity contribution is 6.08. The molecular formula is C15H15NO3. The van der Waals surface area contributed by atoms with Crippen molar-refractivity contribution in [3.63, 3.8) is 0 Å². The van der Waals surface area contributed by atoms with Crippen LogP contribution >= 0.6 is 0 Å². The SMILES string of the molecule is COc1ccc(C(=O)c2cc(C)ccn2)cc1OC. The number of carbonyl (C=O) groups is 1. The molecule has 4 nitrogen and oxygen atoms in total. The fourth-order valence-corrected chi connectivity index (χ4v) is 1.79. The lowest BCUT2D eigenvalue weighted by Gasteiger charge is -2.09. The molecule has 0 unspecified atom stereocenters. The van der Waals surface area contributed by atoms with Gasteiger partial charge in [-0.2, -0.15) is 0 Å². The summed E-state index contributed by atoms with van der Waals surface area (Å²) in [7, 11) is 3.10. The maximum atomic E-state index is 12.3. The zero-order valence-corrected chi connectivity index (χ0v) is 11.1. The van der Waals surface area contributed by atoms with Gasteiger partial charge in [0, 0.05) is 11.8 Å². The van der Waals surface area contributed by atoms with Crippen LogP contribution in [-0.4, -0.2) is 25.0 Å². The molecule has 2 aromatic rings. The summed E-state index contributed by atoms with van der Waals surface area (Å²) in [6.07, 6.45) is 1.63. The minimum atomic E-state index is -0.135. The van der Waals surface area contributed by atoms with Crippen molar-refractivity contribution in [1.82, 2.24) is 4.98 Å². The highest BCUT2D eigenvalue weighted by atomic mass is 16.5. The van der Waals surface area contributed by atoms with Crippen molar-refractivity contribution in [3.8, 4) is 11.5 Å². The molecule has 0 spiro atoms. The lowest BCUT2D eigenvalue weighted by molar-refractivity contribution is 0.103. The van der Waals surface area contributed by atoms with Gasteiger partial charge in [0.05, 0.1) is 14.2 Å². The Balaban J connectivity index is 2.39. The van der Waals surface area contributed by atoms with Gasteiger partial charge < -0.3 is 9.47 Å². The third-order valence-electron chi connectivity index (χ3n) is 2.79. The number of hydrogen-bond donors (Lipinski definition) is 0. The summed E-state index contributed by atoms with van der Waals surface area (Å²) in [4.78, 5) is 16.4. The predicted octanol–water partition coefficient (Wildman–Crippen LogP) is 2.64. The van der Waals surface area contributed by atoms with E-state index < -0.39 is 0 Å². The van der Waals surface area contributed by atoms with Gasteiger partial charge in [-0.1, -0.05) is 0 Å².